The smallest absolute Gasteiger partial charge is 0.184 e. The van der Waals surface area contributed by atoms with Gasteiger partial charge < -0.3 is 14.6 Å². The molecule has 2 aromatic rings. The lowest BCUT2D eigenvalue weighted by Gasteiger charge is -2.12. The summed E-state index contributed by atoms with van der Waals surface area (Å²) in [6.07, 6.45) is 1.59. The van der Waals surface area contributed by atoms with E-state index in [4.69, 9.17) is 14.6 Å². The van der Waals surface area contributed by atoms with Crippen molar-refractivity contribution in [3.8, 4) is 11.5 Å². The molecule has 0 aliphatic carbocycles. The van der Waals surface area contributed by atoms with Gasteiger partial charge in [-0.2, -0.15) is 0 Å². The number of hydrogen-bond acceptors (Lipinski definition) is 4. The first-order valence-corrected chi connectivity index (χ1v) is 5.64. The number of pyridine rings is 1. The number of aliphatic hydroxyl groups is 1. The van der Waals surface area contributed by atoms with Crippen molar-refractivity contribution in [2.24, 2.45) is 0 Å². The monoisotopic (exact) mass is 245 g/mol. The van der Waals surface area contributed by atoms with Crippen LogP contribution in [0.5, 0.6) is 11.5 Å². The third-order valence-electron chi connectivity index (χ3n) is 2.53. The van der Waals surface area contributed by atoms with Crippen LogP contribution >= 0.6 is 0 Å². The van der Waals surface area contributed by atoms with Crippen LogP contribution in [0.1, 0.15) is 11.3 Å². The van der Waals surface area contributed by atoms with Gasteiger partial charge in [0.05, 0.1) is 13.7 Å². The molecule has 0 aliphatic rings. The standard InChI is InChI=1S/C14H15NO3/c1-17-14-12(9-16)15-8-7-13(14)18-10-11-5-3-2-4-6-11/h2-8,16H,9-10H2,1H3. The van der Waals surface area contributed by atoms with Gasteiger partial charge in [-0.25, -0.2) is 0 Å². The molecule has 4 heteroatoms. The number of nitrogens with zero attached hydrogens (tertiary/aromatic N) is 1. The van der Waals surface area contributed by atoms with Crippen LogP contribution in [0.4, 0.5) is 0 Å². The maximum atomic E-state index is 9.16. The molecule has 1 N–H and O–H groups in total. The molecule has 1 heterocycles. The fourth-order valence-electron chi connectivity index (χ4n) is 1.65. The van der Waals surface area contributed by atoms with Gasteiger partial charge in [0.2, 0.25) is 0 Å². The highest BCUT2D eigenvalue weighted by Crippen LogP contribution is 2.29. The fraction of sp³-hybridized carbons (Fsp3) is 0.214. The molecule has 0 radical (unpaired) electrons. The predicted octanol–water partition coefficient (Wildman–Crippen LogP) is 2.16. The average molecular weight is 245 g/mol. The van der Waals surface area contributed by atoms with E-state index in [1.54, 1.807) is 12.3 Å². The summed E-state index contributed by atoms with van der Waals surface area (Å²) in [6.45, 7) is 0.276. The van der Waals surface area contributed by atoms with Crippen molar-refractivity contribution in [1.82, 2.24) is 4.98 Å². The van der Waals surface area contributed by atoms with Crippen molar-refractivity contribution in [3.63, 3.8) is 0 Å². The van der Waals surface area contributed by atoms with Gasteiger partial charge in [0.25, 0.3) is 0 Å². The van der Waals surface area contributed by atoms with Crippen LogP contribution in [0.15, 0.2) is 42.6 Å². The number of rotatable bonds is 5. The molecule has 0 atom stereocenters. The Bertz CT molecular complexity index is 500. The lowest BCUT2D eigenvalue weighted by Crippen LogP contribution is -2.01. The maximum Gasteiger partial charge on any atom is 0.184 e. The van der Waals surface area contributed by atoms with Crippen LogP contribution in [0, 0.1) is 0 Å². The second-order valence-electron chi connectivity index (χ2n) is 3.72. The molecule has 0 unspecified atom stereocenters. The second-order valence-corrected chi connectivity index (χ2v) is 3.72. The fourth-order valence-corrected chi connectivity index (χ4v) is 1.65. The van der Waals surface area contributed by atoms with E-state index >= 15 is 0 Å². The van der Waals surface area contributed by atoms with Gasteiger partial charge in [-0.05, 0) is 5.56 Å². The minimum absolute atomic E-state index is 0.175. The topological polar surface area (TPSA) is 51.6 Å². The number of methoxy groups -OCH3 is 1. The zero-order valence-corrected chi connectivity index (χ0v) is 10.2. The van der Waals surface area contributed by atoms with E-state index in [0.29, 0.717) is 23.8 Å². The normalized spacial score (nSPS) is 10.1. The van der Waals surface area contributed by atoms with E-state index in [1.165, 1.54) is 7.11 Å². The lowest BCUT2D eigenvalue weighted by molar-refractivity contribution is 0.254. The molecule has 0 bridgehead atoms. The minimum Gasteiger partial charge on any atom is -0.491 e. The second kappa shape index (κ2) is 6.02. The first-order chi connectivity index (χ1) is 8.85. The Balaban J connectivity index is 2.14. The van der Waals surface area contributed by atoms with E-state index in [0.717, 1.165) is 5.56 Å². The van der Waals surface area contributed by atoms with E-state index in [-0.39, 0.29) is 6.61 Å². The Labute approximate surface area is 106 Å². The first kappa shape index (κ1) is 12.4. The summed E-state index contributed by atoms with van der Waals surface area (Å²) in [5.74, 6) is 1.07. The summed E-state index contributed by atoms with van der Waals surface area (Å²) in [5, 5.41) is 9.16. The molecule has 2 rings (SSSR count). The Kier molecular flexibility index (Phi) is 4.15. The Hall–Kier alpha value is -2.07. The maximum absolute atomic E-state index is 9.16. The summed E-state index contributed by atoms with van der Waals surface area (Å²) >= 11 is 0. The van der Waals surface area contributed by atoms with Gasteiger partial charge in [0.1, 0.15) is 12.3 Å². The van der Waals surface area contributed by atoms with Gasteiger partial charge >= 0.3 is 0 Å². The van der Waals surface area contributed by atoms with Crippen molar-refractivity contribution in [2.45, 2.75) is 13.2 Å². The van der Waals surface area contributed by atoms with Crippen LogP contribution in [0.2, 0.25) is 0 Å². The molecular formula is C14H15NO3. The molecule has 0 fully saturated rings. The van der Waals surface area contributed by atoms with Crippen LogP contribution in [0.3, 0.4) is 0 Å². The van der Waals surface area contributed by atoms with Crippen molar-refractivity contribution in [2.75, 3.05) is 7.11 Å². The minimum atomic E-state index is -0.175. The average Bonchev–Trinajstić information content (AvgIpc) is 2.45. The molecular weight excluding hydrogens is 230 g/mol. The third-order valence-corrected chi connectivity index (χ3v) is 2.53. The molecule has 18 heavy (non-hydrogen) atoms. The molecule has 1 aromatic carbocycles. The number of aliphatic hydroxyl groups excluding tert-OH is 1. The molecule has 0 amide bonds. The van der Waals surface area contributed by atoms with Crippen molar-refractivity contribution >= 4 is 0 Å². The van der Waals surface area contributed by atoms with Gasteiger partial charge in [-0.1, -0.05) is 30.3 Å². The van der Waals surface area contributed by atoms with Crippen LogP contribution in [-0.4, -0.2) is 17.2 Å². The summed E-state index contributed by atoms with van der Waals surface area (Å²) in [7, 11) is 1.53. The van der Waals surface area contributed by atoms with E-state index in [1.807, 2.05) is 30.3 Å². The van der Waals surface area contributed by atoms with E-state index in [2.05, 4.69) is 4.98 Å². The number of benzene rings is 1. The van der Waals surface area contributed by atoms with Gasteiger partial charge in [-0.3, -0.25) is 4.98 Å². The summed E-state index contributed by atoms with van der Waals surface area (Å²) in [4.78, 5) is 4.03. The molecule has 0 spiro atoms. The Morgan fingerprint density at radius 2 is 1.94 bits per heavy atom. The largest absolute Gasteiger partial charge is 0.491 e. The van der Waals surface area contributed by atoms with Crippen LogP contribution < -0.4 is 9.47 Å². The van der Waals surface area contributed by atoms with Gasteiger partial charge in [0.15, 0.2) is 11.5 Å². The van der Waals surface area contributed by atoms with Crippen molar-refractivity contribution in [1.29, 1.82) is 0 Å². The summed E-state index contributed by atoms with van der Waals surface area (Å²) in [5.41, 5.74) is 1.55. The quantitative estimate of drug-likeness (QED) is 0.877. The Morgan fingerprint density at radius 1 is 1.17 bits per heavy atom. The molecule has 1 aromatic heterocycles. The van der Waals surface area contributed by atoms with Gasteiger partial charge in [0, 0.05) is 12.3 Å². The molecule has 4 nitrogen and oxygen atoms in total. The SMILES string of the molecule is COc1c(OCc2ccccc2)ccnc1CO. The molecule has 94 valence electrons. The molecule has 0 aliphatic heterocycles. The van der Waals surface area contributed by atoms with Gasteiger partial charge in [-0.15, -0.1) is 0 Å². The molecule has 0 saturated heterocycles. The Morgan fingerprint density at radius 3 is 2.61 bits per heavy atom. The highest BCUT2D eigenvalue weighted by Gasteiger charge is 2.10. The summed E-state index contributed by atoms with van der Waals surface area (Å²) in [6, 6.07) is 11.6. The number of ether oxygens (including phenoxy) is 2. The number of aromatic nitrogens is 1. The zero-order valence-electron chi connectivity index (χ0n) is 10.2. The first-order valence-electron chi connectivity index (χ1n) is 5.64. The van der Waals surface area contributed by atoms with E-state index < -0.39 is 0 Å². The van der Waals surface area contributed by atoms with Crippen molar-refractivity contribution in [3.05, 3.63) is 53.9 Å². The third kappa shape index (κ3) is 2.78. The highest BCUT2D eigenvalue weighted by molar-refractivity contribution is 5.42. The highest BCUT2D eigenvalue weighted by atomic mass is 16.5. The van der Waals surface area contributed by atoms with Crippen LogP contribution in [-0.2, 0) is 13.2 Å². The number of hydrogen-bond donors (Lipinski definition) is 1. The van der Waals surface area contributed by atoms with Crippen LogP contribution in [0.25, 0.3) is 0 Å². The zero-order chi connectivity index (χ0) is 12.8. The van der Waals surface area contributed by atoms with Crippen molar-refractivity contribution < 1.29 is 14.6 Å². The van der Waals surface area contributed by atoms with E-state index in [9.17, 15) is 0 Å². The summed E-state index contributed by atoms with van der Waals surface area (Å²) < 4.78 is 10.9. The lowest BCUT2D eigenvalue weighted by atomic mass is 10.2. The predicted molar refractivity (Wildman–Crippen MR) is 67.5 cm³/mol. The molecule has 0 saturated carbocycles.